The lowest BCUT2D eigenvalue weighted by Gasteiger charge is -2.54. The molecule has 7 heteroatoms. The van der Waals surface area contributed by atoms with Crippen molar-refractivity contribution in [1.82, 2.24) is 10.3 Å². The number of halogens is 4. The quantitative estimate of drug-likeness (QED) is 0.864. The zero-order valence-corrected chi connectivity index (χ0v) is 11.7. The summed E-state index contributed by atoms with van der Waals surface area (Å²) in [5, 5.41) is 3.33. The predicted octanol–water partition coefficient (Wildman–Crippen LogP) is 2.71. The van der Waals surface area contributed by atoms with E-state index in [-0.39, 0.29) is 23.5 Å². The van der Waals surface area contributed by atoms with Crippen LogP contribution in [-0.2, 0) is 6.18 Å². The molecular weight excluding hydrogens is 291 g/mol. The molecule has 2 aliphatic heterocycles. The van der Waals surface area contributed by atoms with Gasteiger partial charge in [0.25, 0.3) is 0 Å². The minimum Gasteiger partial charge on any atom is -0.370 e. The molecule has 3 rings (SSSR count). The summed E-state index contributed by atoms with van der Waals surface area (Å²) >= 11 is 0. The van der Waals surface area contributed by atoms with Gasteiger partial charge in [-0.3, -0.25) is 4.98 Å². The summed E-state index contributed by atoms with van der Waals surface area (Å²) in [5.41, 5.74) is -0.197. The van der Waals surface area contributed by atoms with E-state index in [1.54, 1.807) is 0 Å². The normalized spacial score (nSPS) is 21.2. The number of hydrogen-bond acceptors (Lipinski definition) is 3. The highest BCUT2D eigenvalue weighted by Crippen LogP contribution is 2.43. The molecule has 2 fully saturated rings. The van der Waals surface area contributed by atoms with Crippen molar-refractivity contribution in [3.8, 4) is 0 Å². The van der Waals surface area contributed by atoms with Crippen molar-refractivity contribution < 1.29 is 13.2 Å². The second-order valence-electron chi connectivity index (χ2n) is 5.53. The van der Waals surface area contributed by atoms with E-state index in [0.717, 1.165) is 32.1 Å². The number of alkyl halides is 3. The highest BCUT2D eigenvalue weighted by atomic mass is 35.5. The second kappa shape index (κ2) is 5.41. The summed E-state index contributed by atoms with van der Waals surface area (Å²) in [6.07, 6.45) is 0.213. The minimum atomic E-state index is -4.34. The molecule has 1 aromatic heterocycles. The minimum absolute atomic E-state index is 0. The third-order valence-electron chi connectivity index (χ3n) is 4.06. The first-order valence-corrected chi connectivity index (χ1v) is 6.47. The summed E-state index contributed by atoms with van der Waals surface area (Å²) in [4.78, 5) is 5.41. The molecular formula is C13H17ClF3N3. The predicted molar refractivity (Wildman–Crippen MR) is 73.2 cm³/mol. The van der Waals surface area contributed by atoms with Crippen LogP contribution in [0.5, 0.6) is 0 Å². The Hall–Kier alpha value is -1.01. The Balaban J connectivity index is 0.00000147. The molecule has 3 heterocycles. The molecule has 0 atom stereocenters. The average Bonchev–Trinajstić information content (AvgIpc) is 2.36. The zero-order chi connectivity index (χ0) is 13.5. The Morgan fingerprint density at radius 1 is 1.30 bits per heavy atom. The molecule has 1 spiro atoms. The molecule has 0 amide bonds. The van der Waals surface area contributed by atoms with E-state index in [2.05, 4.69) is 10.3 Å². The summed E-state index contributed by atoms with van der Waals surface area (Å²) in [7, 11) is 0. The standard InChI is InChI=1S/C13H16F3N3.ClH/c14-13(15,16)10-6-17-5-2-11(10)19-8-12(9-19)3-1-4-18-7-12;/h2,5-6,18H,1,3-4,7-9H2;1H. The zero-order valence-electron chi connectivity index (χ0n) is 10.9. The van der Waals surface area contributed by atoms with Crippen molar-refractivity contribution in [3.05, 3.63) is 24.0 Å². The number of anilines is 1. The van der Waals surface area contributed by atoms with Crippen LogP contribution in [0, 0.1) is 5.41 Å². The van der Waals surface area contributed by atoms with Gasteiger partial charge in [-0.1, -0.05) is 0 Å². The lowest BCUT2D eigenvalue weighted by molar-refractivity contribution is -0.137. The Bertz CT molecular complexity index is 464. The highest BCUT2D eigenvalue weighted by molar-refractivity contribution is 5.85. The number of pyridine rings is 1. The van der Waals surface area contributed by atoms with Gasteiger partial charge < -0.3 is 10.2 Å². The first-order valence-electron chi connectivity index (χ1n) is 6.47. The van der Waals surface area contributed by atoms with Crippen LogP contribution in [0.1, 0.15) is 18.4 Å². The molecule has 1 N–H and O–H groups in total. The van der Waals surface area contributed by atoms with Gasteiger partial charge in [0, 0.05) is 37.4 Å². The van der Waals surface area contributed by atoms with Crippen LogP contribution in [0.4, 0.5) is 18.9 Å². The van der Waals surface area contributed by atoms with Crippen LogP contribution in [0.3, 0.4) is 0 Å². The molecule has 2 aliphatic rings. The maximum Gasteiger partial charge on any atom is 0.419 e. The van der Waals surface area contributed by atoms with Crippen molar-refractivity contribution in [1.29, 1.82) is 0 Å². The fraction of sp³-hybridized carbons (Fsp3) is 0.615. The third kappa shape index (κ3) is 2.72. The summed E-state index contributed by atoms with van der Waals surface area (Å²) in [6, 6.07) is 1.46. The number of nitrogens with zero attached hydrogens (tertiary/aromatic N) is 2. The molecule has 112 valence electrons. The molecule has 1 aromatic rings. The number of rotatable bonds is 1. The Labute approximate surface area is 122 Å². The molecule has 0 aliphatic carbocycles. The monoisotopic (exact) mass is 307 g/mol. The Morgan fingerprint density at radius 2 is 2.05 bits per heavy atom. The first kappa shape index (κ1) is 15.4. The van der Waals surface area contributed by atoms with E-state index in [1.807, 2.05) is 4.90 Å². The van der Waals surface area contributed by atoms with Gasteiger partial charge in [-0.05, 0) is 25.5 Å². The molecule has 0 unspecified atom stereocenters. The van der Waals surface area contributed by atoms with Crippen LogP contribution in [0.2, 0.25) is 0 Å². The van der Waals surface area contributed by atoms with Gasteiger partial charge in [0.1, 0.15) is 0 Å². The summed E-state index contributed by atoms with van der Waals surface area (Å²) < 4.78 is 38.8. The molecule has 3 nitrogen and oxygen atoms in total. The molecule has 0 radical (unpaired) electrons. The first-order chi connectivity index (χ1) is 9.00. The largest absolute Gasteiger partial charge is 0.419 e. The summed E-state index contributed by atoms with van der Waals surface area (Å²) in [5.74, 6) is 0. The third-order valence-corrected chi connectivity index (χ3v) is 4.06. The number of nitrogens with one attached hydrogen (secondary N) is 1. The smallest absolute Gasteiger partial charge is 0.370 e. The molecule has 0 aromatic carbocycles. The SMILES string of the molecule is Cl.FC(F)(F)c1cnccc1N1CC2(CCCNC2)C1. The topological polar surface area (TPSA) is 28.2 Å². The maximum atomic E-state index is 12.9. The van der Waals surface area contributed by atoms with Gasteiger partial charge in [0.15, 0.2) is 0 Å². The van der Waals surface area contributed by atoms with Gasteiger partial charge >= 0.3 is 6.18 Å². The molecule has 2 saturated heterocycles. The average molecular weight is 308 g/mol. The van der Waals surface area contributed by atoms with Gasteiger partial charge in [-0.25, -0.2) is 0 Å². The fourth-order valence-electron chi connectivity index (χ4n) is 3.12. The molecule has 0 bridgehead atoms. The van der Waals surface area contributed by atoms with Crippen LogP contribution < -0.4 is 10.2 Å². The van der Waals surface area contributed by atoms with Crippen molar-refractivity contribution in [3.63, 3.8) is 0 Å². The Kier molecular flexibility index (Phi) is 4.16. The van der Waals surface area contributed by atoms with E-state index in [1.165, 1.54) is 12.3 Å². The lowest BCUT2D eigenvalue weighted by atomic mass is 9.73. The summed E-state index contributed by atoms with van der Waals surface area (Å²) in [6.45, 7) is 3.33. The molecule has 20 heavy (non-hydrogen) atoms. The number of hydrogen-bond donors (Lipinski definition) is 1. The number of piperidine rings is 1. The lowest BCUT2D eigenvalue weighted by Crippen LogP contribution is -2.62. The van der Waals surface area contributed by atoms with Crippen molar-refractivity contribution >= 4 is 18.1 Å². The van der Waals surface area contributed by atoms with E-state index in [0.29, 0.717) is 13.1 Å². The van der Waals surface area contributed by atoms with Crippen LogP contribution in [-0.4, -0.2) is 31.2 Å². The van der Waals surface area contributed by atoms with Gasteiger partial charge in [-0.2, -0.15) is 13.2 Å². The van der Waals surface area contributed by atoms with E-state index < -0.39 is 11.7 Å². The van der Waals surface area contributed by atoms with Crippen LogP contribution in [0.25, 0.3) is 0 Å². The molecule has 0 saturated carbocycles. The van der Waals surface area contributed by atoms with Gasteiger partial charge in [0.05, 0.1) is 11.3 Å². The van der Waals surface area contributed by atoms with Crippen molar-refractivity contribution in [2.24, 2.45) is 5.41 Å². The van der Waals surface area contributed by atoms with Crippen molar-refractivity contribution in [2.75, 3.05) is 31.1 Å². The number of aromatic nitrogens is 1. The van der Waals surface area contributed by atoms with E-state index in [9.17, 15) is 13.2 Å². The van der Waals surface area contributed by atoms with Crippen LogP contribution >= 0.6 is 12.4 Å². The van der Waals surface area contributed by atoms with Gasteiger partial charge in [0.2, 0.25) is 0 Å². The Morgan fingerprint density at radius 3 is 2.65 bits per heavy atom. The van der Waals surface area contributed by atoms with E-state index >= 15 is 0 Å². The van der Waals surface area contributed by atoms with E-state index in [4.69, 9.17) is 0 Å². The maximum absolute atomic E-state index is 12.9. The second-order valence-corrected chi connectivity index (χ2v) is 5.53. The van der Waals surface area contributed by atoms with Crippen molar-refractivity contribution in [2.45, 2.75) is 19.0 Å². The van der Waals surface area contributed by atoms with Gasteiger partial charge in [-0.15, -0.1) is 12.4 Å². The highest BCUT2D eigenvalue weighted by Gasteiger charge is 2.46. The van der Waals surface area contributed by atoms with Crippen LogP contribution in [0.15, 0.2) is 18.5 Å². The fourth-order valence-corrected chi connectivity index (χ4v) is 3.12.